The Balaban J connectivity index is 1.60. The molecule has 0 aliphatic carbocycles. The molecule has 4 rings (SSSR count). The molecular formula is C19H27N3O4. The number of piperazine rings is 1. The van der Waals surface area contributed by atoms with Crippen molar-refractivity contribution in [2.45, 2.75) is 51.4 Å². The Labute approximate surface area is 153 Å². The second kappa shape index (κ2) is 6.18. The first-order chi connectivity index (χ1) is 12.3. The summed E-state index contributed by atoms with van der Waals surface area (Å²) in [5.41, 5.74) is -0.688. The van der Waals surface area contributed by atoms with Crippen molar-refractivity contribution in [3.63, 3.8) is 0 Å². The number of fused-ring (bicyclic) bond motifs is 2. The van der Waals surface area contributed by atoms with E-state index in [2.05, 4.69) is 18.7 Å². The van der Waals surface area contributed by atoms with Gasteiger partial charge in [0.25, 0.3) is 5.91 Å². The molecule has 3 aliphatic heterocycles. The summed E-state index contributed by atoms with van der Waals surface area (Å²) in [6.45, 7) is 8.89. The maximum Gasteiger partial charge on any atom is 0.252 e. The molecule has 0 aromatic carbocycles. The summed E-state index contributed by atoms with van der Waals surface area (Å²) in [5.74, 6) is 1.53. The van der Waals surface area contributed by atoms with E-state index in [0.29, 0.717) is 37.7 Å². The first-order valence-electron chi connectivity index (χ1n) is 9.38. The number of furan rings is 1. The molecule has 142 valence electrons. The van der Waals surface area contributed by atoms with Crippen LogP contribution < -0.4 is 0 Å². The van der Waals surface area contributed by atoms with Gasteiger partial charge in [0.1, 0.15) is 17.1 Å². The lowest BCUT2D eigenvalue weighted by Gasteiger charge is -2.58. The molecule has 2 amide bonds. The van der Waals surface area contributed by atoms with E-state index in [1.807, 2.05) is 24.0 Å². The Kier molecular flexibility index (Phi) is 4.21. The standard InChI is InChI=1S/C19H27N3O4/c1-12(2)7-20-10-19(11-20)18(25)21(9-15-5-4-13(3)26-15)17(24)16-6-14(23)8-22(16)19/h4-5,12,14,16,23H,6-11H2,1-3H3/t14-,16+/m1/s1. The van der Waals surface area contributed by atoms with Crippen LogP contribution in [0.2, 0.25) is 0 Å². The van der Waals surface area contributed by atoms with E-state index >= 15 is 0 Å². The minimum absolute atomic E-state index is 0.151. The van der Waals surface area contributed by atoms with Gasteiger partial charge in [-0.05, 0) is 31.4 Å². The first-order valence-corrected chi connectivity index (χ1v) is 9.38. The molecule has 1 N–H and O–H groups in total. The number of carbonyl (C=O) groups excluding carboxylic acids is 2. The highest BCUT2D eigenvalue weighted by Crippen LogP contribution is 2.41. The van der Waals surface area contributed by atoms with Crippen molar-refractivity contribution in [3.8, 4) is 0 Å². The number of likely N-dealkylation sites (tertiary alicyclic amines) is 1. The van der Waals surface area contributed by atoms with Crippen LogP contribution in [0.15, 0.2) is 16.5 Å². The predicted octanol–water partition coefficient (Wildman–Crippen LogP) is 0.602. The monoisotopic (exact) mass is 361 g/mol. The van der Waals surface area contributed by atoms with Crippen LogP contribution in [0.3, 0.4) is 0 Å². The van der Waals surface area contributed by atoms with Crippen LogP contribution in [0.4, 0.5) is 0 Å². The number of nitrogens with zero attached hydrogens (tertiary/aromatic N) is 3. The van der Waals surface area contributed by atoms with E-state index in [4.69, 9.17) is 4.42 Å². The molecule has 0 unspecified atom stereocenters. The topological polar surface area (TPSA) is 77.2 Å². The number of amides is 2. The molecular weight excluding hydrogens is 334 g/mol. The highest BCUT2D eigenvalue weighted by atomic mass is 16.3. The van der Waals surface area contributed by atoms with E-state index in [-0.39, 0.29) is 18.4 Å². The highest BCUT2D eigenvalue weighted by Gasteiger charge is 2.64. The molecule has 1 aromatic heterocycles. The Morgan fingerprint density at radius 1 is 1.31 bits per heavy atom. The van der Waals surface area contributed by atoms with Crippen LogP contribution in [0, 0.1) is 12.8 Å². The van der Waals surface area contributed by atoms with Gasteiger partial charge in [-0.25, -0.2) is 0 Å². The Bertz CT molecular complexity index is 722. The smallest absolute Gasteiger partial charge is 0.252 e. The fourth-order valence-corrected chi connectivity index (χ4v) is 4.71. The SMILES string of the molecule is Cc1ccc(CN2C(=O)[C@@H]3C[C@@H](O)CN3C3(CN(CC(C)C)C3)C2=O)o1. The average molecular weight is 361 g/mol. The maximum absolute atomic E-state index is 13.3. The number of aryl methyl sites for hydroxylation is 1. The Hall–Kier alpha value is -1.70. The van der Waals surface area contributed by atoms with Crippen molar-refractivity contribution in [3.05, 3.63) is 23.7 Å². The third-order valence-electron chi connectivity index (χ3n) is 5.73. The Morgan fingerprint density at radius 2 is 2.04 bits per heavy atom. The van der Waals surface area contributed by atoms with Crippen molar-refractivity contribution in [1.82, 2.24) is 14.7 Å². The minimum Gasteiger partial charge on any atom is -0.464 e. The summed E-state index contributed by atoms with van der Waals surface area (Å²) in [7, 11) is 0. The van der Waals surface area contributed by atoms with E-state index in [0.717, 1.165) is 12.3 Å². The van der Waals surface area contributed by atoms with Crippen LogP contribution in [-0.4, -0.2) is 75.5 Å². The molecule has 3 aliphatic rings. The second-order valence-corrected chi connectivity index (χ2v) is 8.39. The van der Waals surface area contributed by atoms with Crippen molar-refractivity contribution in [1.29, 1.82) is 0 Å². The molecule has 0 bridgehead atoms. The largest absolute Gasteiger partial charge is 0.464 e. The molecule has 3 saturated heterocycles. The molecule has 0 radical (unpaired) electrons. The van der Waals surface area contributed by atoms with Crippen LogP contribution in [0.5, 0.6) is 0 Å². The van der Waals surface area contributed by atoms with Crippen molar-refractivity contribution in [2.24, 2.45) is 5.92 Å². The molecule has 1 spiro atoms. The summed E-state index contributed by atoms with van der Waals surface area (Å²) < 4.78 is 5.59. The number of hydrogen-bond donors (Lipinski definition) is 1. The van der Waals surface area contributed by atoms with E-state index in [1.165, 1.54) is 4.90 Å². The lowest BCUT2D eigenvalue weighted by Crippen LogP contribution is -2.81. The zero-order chi connectivity index (χ0) is 18.6. The summed E-state index contributed by atoms with van der Waals surface area (Å²) >= 11 is 0. The molecule has 26 heavy (non-hydrogen) atoms. The van der Waals surface area contributed by atoms with Crippen molar-refractivity contribution >= 4 is 11.8 Å². The van der Waals surface area contributed by atoms with Gasteiger partial charge in [-0.15, -0.1) is 0 Å². The van der Waals surface area contributed by atoms with Gasteiger partial charge in [0, 0.05) is 26.2 Å². The molecule has 2 atom stereocenters. The second-order valence-electron chi connectivity index (χ2n) is 8.39. The normalized spacial score (nSPS) is 28.9. The third-order valence-corrected chi connectivity index (χ3v) is 5.73. The van der Waals surface area contributed by atoms with Gasteiger partial charge in [-0.1, -0.05) is 13.8 Å². The van der Waals surface area contributed by atoms with Gasteiger partial charge in [-0.3, -0.25) is 24.3 Å². The number of imide groups is 1. The molecule has 7 heteroatoms. The summed E-state index contributed by atoms with van der Waals surface area (Å²) in [5, 5.41) is 10.2. The fourth-order valence-electron chi connectivity index (χ4n) is 4.71. The number of aliphatic hydroxyl groups is 1. The first kappa shape index (κ1) is 17.7. The van der Waals surface area contributed by atoms with Gasteiger partial charge in [-0.2, -0.15) is 0 Å². The maximum atomic E-state index is 13.3. The van der Waals surface area contributed by atoms with Crippen LogP contribution in [0.1, 0.15) is 31.8 Å². The van der Waals surface area contributed by atoms with Crippen molar-refractivity contribution in [2.75, 3.05) is 26.2 Å². The summed E-state index contributed by atoms with van der Waals surface area (Å²) in [6.07, 6.45) is -0.162. The predicted molar refractivity (Wildman–Crippen MR) is 94.1 cm³/mol. The quantitative estimate of drug-likeness (QED) is 0.792. The van der Waals surface area contributed by atoms with Gasteiger partial charge in [0.15, 0.2) is 0 Å². The van der Waals surface area contributed by atoms with E-state index in [1.54, 1.807) is 0 Å². The number of β-amino-alcohol motifs (C(OH)–C–C–N with tert-alkyl or cyclic N) is 1. The highest BCUT2D eigenvalue weighted by molar-refractivity contribution is 6.06. The fraction of sp³-hybridized carbons (Fsp3) is 0.684. The summed E-state index contributed by atoms with van der Waals surface area (Å²) in [6, 6.07) is 3.23. The number of aliphatic hydroxyl groups excluding tert-OH is 1. The van der Waals surface area contributed by atoms with Crippen molar-refractivity contribution < 1.29 is 19.1 Å². The summed E-state index contributed by atoms with van der Waals surface area (Å²) in [4.78, 5) is 31.9. The number of hydrogen-bond acceptors (Lipinski definition) is 6. The number of rotatable bonds is 4. The van der Waals surface area contributed by atoms with Gasteiger partial charge in [0.05, 0.1) is 18.7 Å². The van der Waals surface area contributed by atoms with Gasteiger partial charge < -0.3 is 9.52 Å². The van der Waals surface area contributed by atoms with Crippen LogP contribution in [-0.2, 0) is 16.1 Å². The zero-order valence-corrected chi connectivity index (χ0v) is 15.6. The molecule has 0 saturated carbocycles. The third kappa shape index (κ3) is 2.69. The molecule has 1 aromatic rings. The average Bonchev–Trinajstić information content (AvgIpc) is 3.11. The lowest BCUT2D eigenvalue weighted by molar-refractivity contribution is -0.181. The molecule has 4 heterocycles. The van der Waals surface area contributed by atoms with Crippen LogP contribution >= 0.6 is 0 Å². The Morgan fingerprint density at radius 3 is 2.65 bits per heavy atom. The molecule has 7 nitrogen and oxygen atoms in total. The lowest BCUT2D eigenvalue weighted by atomic mass is 9.82. The van der Waals surface area contributed by atoms with E-state index in [9.17, 15) is 14.7 Å². The van der Waals surface area contributed by atoms with E-state index < -0.39 is 17.7 Å². The molecule has 3 fully saturated rings. The van der Waals surface area contributed by atoms with Gasteiger partial charge >= 0.3 is 0 Å². The van der Waals surface area contributed by atoms with Gasteiger partial charge in [0.2, 0.25) is 5.91 Å². The minimum atomic E-state index is -0.688. The number of carbonyl (C=O) groups is 2. The van der Waals surface area contributed by atoms with Crippen LogP contribution in [0.25, 0.3) is 0 Å². The zero-order valence-electron chi connectivity index (χ0n) is 15.6.